The molecule has 6 heteroatoms. The zero-order valence-electron chi connectivity index (χ0n) is 26.1. The summed E-state index contributed by atoms with van der Waals surface area (Å²) in [5, 5.41) is 0. The lowest BCUT2D eigenvalue weighted by Crippen LogP contribution is -2.07. The van der Waals surface area contributed by atoms with Crippen LogP contribution in [0.2, 0.25) is 0 Å². The summed E-state index contributed by atoms with van der Waals surface area (Å²) in [5.41, 5.74) is 0. The van der Waals surface area contributed by atoms with Crippen molar-refractivity contribution in [2.24, 2.45) is 0 Å². The molecule has 0 amide bonds. The van der Waals surface area contributed by atoms with Crippen LogP contribution in [-0.4, -0.2) is 18.9 Å². The fourth-order valence-corrected chi connectivity index (χ4v) is 5.65. The molecule has 41 heavy (non-hydrogen) atoms. The summed E-state index contributed by atoms with van der Waals surface area (Å²) in [5.74, 6) is -0.0974. The minimum atomic E-state index is -4.24. The zero-order valence-corrected chi connectivity index (χ0v) is 26.9. The van der Waals surface area contributed by atoms with Gasteiger partial charge in [-0.3, -0.25) is 9.35 Å². The Balaban J connectivity index is 1.79. The first-order valence-corrected chi connectivity index (χ1v) is 18.3. The maximum atomic E-state index is 11.9. The molecule has 0 spiro atoms. The van der Waals surface area contributed by atoms with Gasteiger partial charge in [-0.05, 0) is 43.5 Å². The highest BCUT2D eigenvalue weighted by Gasteiger charge is 2.10. The fourth-order valence-electron chi connectivity index (χ4n) is 5.17. The van der Waals surface area contributed by atoms with Crippen LogP contribution in [-0.2, 0) is 14.9 Å². The number of allylic oxidation sites excluding steroid dienone is 2. The number of esters is 1. The highest BCUT2D eigenvalue weighted by Crippen LogP contribution is 2.17. The van der Waals surface area contributed by atoms with Crippen LogP contribution >= 0.6 is 0 Å². The van der Waals surface area contributed by atoms with E-state index in [0.717, 1.165) is 6.42 Å². The average molecular weight is 593 g/mol. The summed E-state index contributed by atoms with van der Waals surface area (Å²) in [4.78, 5) is 11.7. The van der Waals surface area contributed by atoms with Gasteiger partial charge in [0, 0.05) is 6.42 Å². The second-order valence-electron chi connectivity index (χ2n) is 11.6. The Kier molecular flexibility index (Phi) is 23.7. The van der Waals surface area contributed by atoms with Gasteiger partial charge in [0.1, 0.15) is 5.75 Å². The van der Waals surface area contributed by atoms with Gasteiger partial charge < -0.3 is 4.74 Å². The maximum absolute atomic E-state index is 11.9. The van der Waals surface area contributed by atoms with E-state index in [0.29, 0.717) is 6.42 Å². The van der Waals surface area contributed by atoms with Crippen molar-refractivity contribution in [2.75, 3.05) is 0 Å². The first-order chi connectivity index (χ1) is 19.9. The van der Waals surface area contributed by atoms with E-state index in [-0.39, 0.29) is 23.0 Å². The molecule has 0 saturated carbocycles. The molecule has 0 bridgehead atoms. The van der Waals surface area contributed by atoms with Crippen LogP contribution in [0.15, 0.2) is 41.3 Å². The Morgan fingerprint density at radius 2 is 0.976 bits per heavy atom. The average Bonchev–Trinajstić information content (AvgIpc) is 2.94. The summed E-state index contributed by atoms with van der Waals surface area (Å²) < 4.78 is 36.2. The monoisotopic (exact) mass is 592 g/mol. The van der Waals surface area contributed by atoms with Gasteiger partial charge in [-0.2, -0.15) is 8.42 Å². The molecule has 1 rings (SSSR count). The Labute approximate surface area is 252 Å². The molecule has 0 heterocycles. The van der Waals surface area contributed by atoms with E-state index in [4.69, 9.17) is 9.29 Å². The molecule has 1 aromatic carbocycles. The number of rotatable bonds is 28. The predicted molar refractivity (Wildman–Crippen MR) is 172 cm³/mol. The zero-order chi connectivity index (χ0) is 29.9. The largest absolute Gasteiger partial charge is 0.427 e. The molecular formula is C35H60O5S. The lowest BCUT2D eigenvalue weighted by Gasteiger charge is -2.04. The van der Waals surface area contributed by atoms with Gasteiger partial charge in [-0.25, -0.2) is 0 Å². The van der Waals surface area contributed by atoms with Gasteiger partial charge in [-0.1, -0.05) is 154 Å². The van der Waals surface area contributed by atoms with Gasteiger partial charge in [0.2, 0.25) is 0 Å². The van der Waals surface area contributed by atoms with Crippen molar-refractivity contribution in [3.63, 3.8) is 0 Å². The van der Waals surface area contributed by atoms with Crippen molar-refractivity contribution >= 4 is 16.1 Å². The summed E-state index contributed by atoms with van der Waals surface area (Å²) in [6.07, 6.45) is 36.9. The number of unbranched alkanes of at least 4 members (excludes halogenated alkanes) is 22. The normalized spacial score (nSPS) is 11.9. The summed E-state index contributed by atoms with van der Waals surface area (Å²) in [6, 6.07) is 5.13. The first-order valence-electron chi connectivity index (χ1n) is 16.9. The molecule has 0 saturated heterocycles. The van der Waals surface area contributed by atoms with Gasteiger partial charge in [0.05, 0.1) is 4.90 Å². The van der Waals surface area contributed by atoms with Crippen LogP contribution in [0.4, 0.5) is 0 Å². The third-order valence-corrected chi connectivity index (χ3v) is 8.63. The Hall–Kier alpha value is -1.66. The van der Waals surface area contributed by atoms with Gasteiger partial charge in [-0.15, -0.1) is 0 Å². The number of ether oxygens (including phenoxy) is 1. The highest BCUT2D eigenvalue weighted by molar-refractivity contribution is 7.85. The fraction of sp³-hybridized carbons (Fsp3) is 0.743. The van der Waals surface area contributed by atoms with E-state index >= 15 is 0 Å². The van der Waals surface area contributed by atoms with Crippen molar-refractivity contribution in [1.82, 2.24) is 0 Å². The van der Waals surface area contributed by atoms with E-state index in [1.807, 2.05) is 6.08 Å². The maximum Gasteiger partial charge on any atom is 0.311 e. The molecule has 0 radical (unpaired) electrons. The number of hydrogen-bond donors (Lipinski definition) is 1. The highest BCUT2D eigenvalue weighted by atomic mass is 32.2. The predicted octanol–water partition coefficient (Wildman–Crippen LogP) is 11.2. The third-order valence-electron chi connectivity index (χ3n) is 7.76. The van der Waals surface area contributed by atoms with Crippen LogP contribution in [0, 0.1) is 0 Å². The van der Waals surface area contributed by atoms with Crippen LogP contribution in [0.3, 0.4) is 0 Å². The third kappa shape index (κ3) is 23.6. The summed E-state index contributed by atoms with van der Waals surface area (Å²) in [6.45, 7) is 2.29. The van der Waals surface area contributed by atoms with Gasteiger partial charge in [0.25, 0.3) is 10.1 Å². The molecule has 0 fully saturated rings. The SMILES string of the molecule is CCCCCCCCCCCCCCCCCCCCCCCCC=CCCC(=O)Oc1ccc(S(=O)(=O)O)cc1. The lowest BCUT2D eigenvalue weighted by atomic mass is 10.0. The van der Waals surface area contributed by atoms with Gasteiger partial charge >= 0.3 is 5.97 Å². The number of benzene rings is 1. The van der Waals surface area contributed by atoms with Crippen molar-refractivity contribution < 1.29 is 22.5 Å². The molecule has 0 aliphatic heterocycles. The summed E-state index contributed by atoms with van der Waals surface area (Å²) in [7, 11) is -4.24. The van der Waals surface area contributed by atoms with E-state index < -0.39 is 10.1 Å². The lowest BCUT2D eigenvalue weighted by molar-refractivity contribution is -0.134. The van der Waals surface area contributed by atoms with Crippen molar-refractivity contribution in [1.29, 1.82) is 0 Å². The quantitative estimate of drug-likeness (QED) is 0.0344. The second-order valence-corrected chi connectivity index (χ2v) is 13.1. The molecule has 0 aliphatic rings. The molecule has 1 N–H and O–H groups in total. The van der Waals surface area contributed by atoms with Crippen LogP contribution in [0.25, 0.3) is 0 Å². The Bertz CT molecular complexity index is 876. The smallest absolute Gasteiger partial charge is 0.311 e. The second kappa shape index (κ2) is 26.0. The number of carbonyl (C=O) groups excluding carboxylic acids is 1. The molecule has 1 aromatic rings. The molecule has 0 aliphatic carbocycles. The van der Waals surface area contributed by atoms with Crippen molar-refractivity contribution in [3.8, 4) is 5.75 Å². The minimum Gasteiger partial charge on any atom is -0.427 e. The molecular weight excluding hydrogens is 532 g/mol. The standard InChI is InChI=1S/C35H60O5S/c1-2-3-4-5-6-7-8-9-10-11-12-13-14-15-16-17-18-19-20-21-22-23-24-25-26-27-28-35(36)40-33-29-31-34(32-30-33)41(37,38)39/h25-26,29-32H,2-24,27-28H2,1H3,(H,37,38,39). The number of carbonyl (C=O) groups is 1. The summed E-state index contributed by atoms with van der Waals surface area (Å²) >= 11 is 0. The van der Waals surface area contributed by atoms with Crippen molar-refractivity contribution in [2.45, 2.75) is 172 Å². The Morgan fingerprint density at radius 1 is 0.610 bits per heavy atom. The van der Waals surface area contributed by atoms with Crippen LogP contribution in [0.5, 0.6) is 5.75 Å². The first kappa shape index (κ1) is 37.4. The molecule has 0 unspecified atom stereocenters. The molecule has 5 nitrogen and oxygen atoms in total. The molecule has 0 aromatic heterocycles. The van der Waals surface area contributed by atoms with Crippen LogP contribution in [0.1, 0.15) is 167 Å². The Morgan fingerprint density at radius 3 is 1.37 bits per heavy atom. The van der Waals surface area contributed by atoms with E-state index in [1.54, 1.807) is 0 Å². The van der Waals surface area contributed by atoms with Crippen molar-refractivity contribution in [3.05, 3.63) is 36.4 Å². The van der Waals surface area contributed by atoms with Crippen LogP contribution < -0.4 is 4.74 Å². The van der Waals surface area contributed by atoms with Gasteiger partial charge in [0.15, 0.2) is 0 Å². The van der Waals surface area contributed by atoms with E-state index in [9.17, 15) is 13.2 Å². The van der Waals surface area contributed by atoms with E-state index in [1.165, 1.54) is 166 Å². The van der Waals surface area contributed by atoms with E-state index in [2.05, 4.69) is 13.0 Å². The molecule has 236 valence electrons. The minimum absolute atomic E-state index is 0.226. The number of hydrogen-bond acceptors (Lipinski definition) is 4. The molecule has 0 atom stereocenters. The topological polar surface area (TPSA) is 80.7 Å².